The Balaban J connectivity index is 1.56. The number of benzene rings is 1. The van der Waals surface area contributed by atoms with E-state index in [4.69, 9.17) is 0 Å². The number of amides is 2. The Morgan fingerprint density at radius 3 is 2.59 bits per heavy atom. The minimum Gasteiger partial charge on any atom is -0.342 e. The van der Waals surface area contributed by atoms with Gasteiger partial charge in [0.1, 0.15) is 4.83 Å². The summed E-state index contributed by atoms with van der Waals surface area (Å²) in [6.07, 6.45) is 2.58. The van der Waals surface area contributed by atoms with Gasteiger partial charge in [-0.3, -0.25) is 19.0 Å². The Morgan fingerprint density at radius 2 is 1.90 bits per heavy atom. The van der Waals surface area contributed by atoms with Crippen LogP contribution >= 0.6 is 11.3 Å². The van der Waals surface area contributed by atoms with Gasteiger partial charge in [0.15, 0.2) is 0 Å². The molecule has 0 spiro atoms. The van der Waals surface area contributed by atoms with Gasteiger partial charge in [0, 0.05) is 49.6 Å². The van der Waals surface area contributed by atoms with Crippen LogP contribution in [0.4, 0.5) is 0 Å². The first-order chi connectivity index (χ1) is 14.1. The van der Waals surface area contributed by atoms with Crippen LogP contribution in [-0.2, 0) is 16.1 Å². The van der Waals surface area contributed by atoms with Gasteiger partial charge >= 0.3 is 0 Å². The molecule has 1 saturated heterocycles. The molecule has 0 bridgehead atoms. The Hall–Kier alpha value is -3.00. The fourth-order valence-corrected chi connectivity index (χ4v) is 4.70. The second-order valence-corrected chi connectivity index (χ2v) is 8.30. The molecular weight excluding hydrogens is 388 g/mol. The number of carbonyl (C=O) groups is 2. The molecule has 0 radical (unpaired) electrons. The van der Waals surface area contributed by atoms with E-state index in [-0.39, 0.29) is 24.4 Å². The molecule has 3 heterocycles. The highest BCUT2D eigenvalue weighted by atomic mass is 32.1. The van der Waals surface area contributed by atoms with Crippen molar-refractivity contribution in [2.45, 2.75) is 19.9 Å². The topological polar surface area (TPSA) is 75.5 Å². The number of nitrogens with zero attached hydrogens (tertiary/aromatic N) is 4. The van der Waals surface area contributed by atoms with Crippen LogP contribution in [0.25, 0.3) is 21.3 Å². The Morgan fingerprint density at radius 1 is 1.17 bits per heavy atom. The number of thiophene rings is 1. The monoisotopic (exact) mass is 410 g/mol. The lowest BCUT2D eigenvalue weighted by Gasteiger charge is -2.32. The lowest BCUT2D eigenvalue weighted by molar-refractivity contribution is -0.135. The lowest BCUT2D eigenvalue weighted by Crippen LogP contribution is -2.48. The normalized spacial score (nSPS) is 14.4. The van der Waals surface area contributed by atoms with Gasteiger partial charge in [-0.15, -0.1) is 11.3 Å². The summed E-state index contributed by atoms with van der Waals surface area (Å²) < 4.78 is 1.53. The number of rotatable bonds is 5. The smallest absolute Gasteiger partial charge is 0.262 e. The predicted octanol–water partition coefficient (Wildman–Crippen LogP) is 2.12. The first-order valence-electron chi connectivity index (χ1n) is 9.59. The first-order valence-corrected chi connectivity index (χ1v) is 10.4. The van der Waals surface area contributed by atoms with Crippen molar-refractivity contribution in [2.24, 2.45) is 0 Å². The van der Waals surface area contributed by atoms with Crippen molar-refractivity contribution in [3.63, 3.8) is 0 Å². The molecule has 150 valence electrons. The molecule has 0 saturated carbocycles. The quantitative estimate of drug-likeness (QED) is 0.604. The van der Waals surface area contributed by atoms with Crippen LogP contribution in [0.5, 0.6) is 0 Å². The molecule has 0 aliphatic carbocycles. The van der Waals surface area contributed by atoms with Gasteiger partial charge < -0.3 is 9.80 Å². The summed E-state index contributed by atoms with van der Waals surface area (Å²) in [5.41, 5.74) is 1.81. The van der Waals surface area contributed by atoms with Crippen molar-refractivity contribution >= 4 is 33.9 Å². The van der Waals surface area contributed by atoms with E-state index < -0.39 is 0 Å². The van der Waals surface area contributed by atoms with Gasteiger partial charge in [-0.2, -0.15) is 0 Å². The second kappa shape index (κ2) is 8.16. The first kappa shape index (κ1) is 19.3. The molecule has 1 aliphatic rings. The molecule has 1 aliphatic heterocycles. The maximum atomic E-state index is 13.2. The molecule has 29 heavy (non-hydrogen) atoms. The van der Waals surface area contributed by atoms with E-state index in [1.165, 1.54) is 22.2 Å². The van der Waals surface area contributed by atoms with Gasteiger partial charge in [-0.25, -0.2) is 4.98 Å². The Bertz CT molecular complexity index is 1100. The summed E-state index contributed by atoms with van der Waals surface area (Å²) in [6.45, 7) is 4.46. The van der Waals surface area contributed by atoms with Crippen LogP contribution in [0, 0.1) is 6.92 Å². The Labute approximate surface area is 172 Å². The minimum atomic E-state index is -0.114. The summed E-state index contributed by atoms with van der Waals surface area (Å²) in [5.74, 6) is -0.00710. The number of aryl methyl sites for hydroxylation is 2. The van der Waals surface area contributed by atoms with Crippen LogP contribution < -0.4 is 5.56 Å². The van der Waals surface area contributed by atoms with E-state index in [0.717, 1.165) is 27.2 Å². The average molecular weight is 410 g/mol. The third kappa shape index (κ3) is 3.80. The Kier molecular flexibility index (Phi) is 5.44. The van der Waals surface area contributed by atoms with Crippen LogP contribution in [0.1, 0.15) is 11.3 Å². The highest BCUT2D eigenvalue weighted by Gasteiger charge is 2.21. The van der Waals surface area contributed by atoms with Crippen LogP contribution in [0.2, 0.25) is 0 Å². The largest absolute Gasteiger partial charge is 0.342 e. The van der Waals surface area contributed by atoms with Gasteiger partial charge in [-0.05, 0) is 12.5 Å². The van der Waals surface area contributed by atoms with Crippen LogP contribution in [0.3, 0.4) is 0 Å². The summed E-state index contributed by atoms with van der Waals surface area (Å²) in [5, 5.41) is 0.619. The number of hydrogen-bond acceptors (Lipinski definition) is 5. The predicted molar refractivity (Wildman–Crippen MR) is 113 cm³/mol. The molecule has 1 fully saturated rings. The van der Waals surface area contributed by atoms with Crippen molar-refractivity contribution < 1.29 is 9.59 Å². The highest BCUT2D eigenvalue weighted by molar-refractivity contribution is 7.19. The summed E-state index contributed by atoms with van der Waals surface area (Å²) in [4.78, 5) is 46.1. The summed E-state index contributed by atoms with van der Waals surface area (Å²) >= 11 is 1.51. The van der Waals surface area contributed by atoms with Gasteiger partial charge in [-0.1, -0.05) is 30.3 Å². The van der Waals surface area contributed by atoms with E-state index in [1.807, 2.05) is 37.3 Å². The summed E-state index contributed by atoms with van der Waals surface area (Å²) in [7, 11) is 0. The van der Waals surface area contributed by atoms with Crippen molar-refractivity contribution in [2.75, 3.05) is 26.2 Å². The van der Waals surface area contributed by atoms with Crippen molar-refractivity contribution in [3.05, 3.63) is 51.9 Å². The number of hydrogen-bond donors (Lipinski definition) is 0. The zero-order valence-corrected chi connectivity index (χ0v) is 17.0. The third-order valence-corrected chi connectivity index (χ3v) is 6.31. The molecule has 8 heteroatoms. The average Bonchev–Trinajstić information content (AvgIpc) is 3.10. The van der Waals surface area contributed by atoms with Gasteiger partial charge in [0.05, 0.1) is 11.7 Å². The maximum Gasteiger partial charge on any atom is 0.262 e. The molecule has 3 aromatic rings. The molecular formula is C21H22N4O3S. The molecule has 1 aromatic carbocycles. The van der Waals surface area contributed by atoms with Crippen LogP contribution in [-0.4, -0.2) is 57.8 Å². The standard InChI is InChI=1S/C21H22N4O3S/c1-15-18(16-5-3-2-4-6-16)19-20(29-15)22-13-25(21(19)28)8-7-17(27)24-11-9-23(14-26)10-12-24/h2-6,13-14H,7-12H2,1H3. The molecule has 2 aromatic heterocycles. The molecule has 0 N–H and O–H groups in total. The zero-order chi connectivity index (χ0) is 20.4. The van der Waals surface area contributed by atoms with E-state index >= 15 is 0 Å². The second-order valence-electron chi connectivity index (χ2n) is 7.09. The van der Waals surface area contributed by atoms with E-state index in [0.29, 0.717) is 31.6 Å². The fraction of sp³-hybridized carbons (Fsp3) is 0.333. The van der Waals surface area contributed by atoms with E-state index in [9.17, 15) is 14.4 Å². The van der Waals surface area contributed by atoms with E-state index in [1.54, 1.807) is 9.80 Å². The van der Waals surface area contributed by atoms with Crippen molar-refractivity contribution in [1.29, 1.82) is 0 Å². The summed E-state index contributed by atoms with van der Waals surface area (Å²) in [6, 6.07) is 9.85. The molecule has 2 amide bonds. The maximum absolute atomic E-state index is 13.2. The van der Waals surface area contributed by atoms with Crippen LogP contribution in [0.15, 0.2) is 41.5 Å². The number of fused-ring (bicyclic) bond motifs is 1. The highest BCUT2D eigenvalue weighted by Crippen LogP contribution is 2.35. The third-order valence-electron chi connectivity index (χ3n) is 5.30. The molecule has 4 rings (SSSR count). The van der Waals surface area contributed by atoms with Gasteiger partial charge in [0.2, 0.25) is 12.3 Å². The molecule has 7 nitrogen and oxygen atoms in total. The number of aromatic nitrogens is 2. The minimum absolute atomic E-state index is 0.00710. The van der Waals surface area contributed by atoms with E-state index in [2.05, 4.69) is 4.98 Å². The van der Waals surface area contributed by atoms with Crippen molar-refractivity contribution in [1.82, 2.24) is 19.4 Å². The zero-order valence-electron chi connectivity index (χ0n) is 16.2. The van der Waals surface area contributed by atoms with Crippen molar-refractivity contribution in [3.8, 4) is 11.1 Å². The van der Waals surface area contributed by atoms with Gasteiger partial charge in [0.25, 0.3) is 5.56 Å². The molecule has 0 atom stereocenters. The number of piperazine rings is 1. The fourth-order valence-electron chi connectivity index (χ4n) is 3.70. The lowest BCUT2D eigenvalue weighted by atomic mass is 10.0. The number of carbonyl (C=O) groups excluding carboxylic acids is 2. The molecule has 0 unspecified atom stereocenters. The SMILES string of the molecule is Cc1sc2ncn(CCC(=O)N3CCN(C=O)CC3)c(=O)c2c1-c1ccccc1.